The smallest absolute Gasteiger partial charge is 0.302 e. The fourth-order valence-corrected chi connectivity index (χ4v) is 1.01. The van der Waals surface area contributed by atoms with Gasteiger partial charge in [0, 0.05) is 19.2 Å². The molecule has 1 rings (SSSR count). The summed E-state index contributed by atoms with van der Waals surface area (Å²) in [5, 5.41) is 9.73. The van der Waals surface area contributed by atoms with Crippen molar-refractivity contribution in [1.29, 1.82) is 0 Å². The molecule has 0 unspecified atom stereocenters. The third-order valence-corrected chi connectivity index (χ3v) is 1.95. The molecule has 0 aliphatic heterocycles. The van der Waals surface area contributed by atoms with E-state index in [-0.39, 0.29) is 5.69 Å². The van der Waals surface area contributed by atoms with Crippen molar-refractivity contribution in [3.8, 4) is 0 Å². The van der Waals surface area contributed by atoms with Crippen molar-refractivity contribution < 1.29 is 9.72 Å². The van der Waals surface area contributed by atoms with E-state index in [1.54, 1.807) is 6.07 Å². The second-order valence-corrected chi connectivity index (χ2v) is 2.91. The number of amides is 1. The number of anilines is 1. The first-order valence-electron chi connectivity index (χ1n) is 3.70. The molecular formula is C8H7ClN2O3. The molecule has 0 atom stereocenters. The Balaban J connectivity index is 3.05. The second kappa shape index (κ2) is 4.06. The van der Waals surface area contributed by atoms with E-state index >= 15 is 0 Å². The third-order valence-electron chi connectivity index (χ3n) is 1.69. The van der Waals surface area contributed by atoms with Gasteiger partial charge in [-0.05, 0) is 17.7 Å². The minimum atomic E-state index is -0.689. The zero-order chi connectivity index (χ0) is 10.7. The molecule has 0 saturated carbocycles. The number of benzene rings is 1. The summed E-state index contributed by atoms with van der Waals surface area (Å²) in [6.07, 6.45) is 0. The number of nitro benzene ring substituents is 1. The summed E-state index contributed by atoms with van der Waals surface area (Å²) in [7, 11) is 1.44. The number of rotatable bonds is 2. The van der Waals surface area contributed by atoms with Crippen LogP contribution in [0.2, 0.25) is 0 Å². The van der Waals surface area contributed by atoms with E-state index in [1.165, 1.54) is 25.2 Å². The molecule has 0 heterocycles. The molecule has 74 valence electrons. The van der Waals surface area contributed by atoms with Gasteiger partial charge in [0.25, 0.3) is 5.69 Å². The van der Waals surface area contributed by atoms with Crippen LogP contribution in [0.4, 0.5) is 16.2 Å². The molecule has 0 saturated heterocycles. The van der Waals surface area contributed by atoms with Crippen molar-refractivity contribution in [3.05, 3.63) is 34.4 Å². The molecule has 0 spiro atoms. The minimum Gasteiger partial charge on any atom is -0.302 e. The Labute approximate surface area is 85.0 Å². The molecule has 0 aliphatic rings. The van der Waals surface area contributed by atoms with Gasteiger partial charge in [-0.25, -0.2) is 0 Å². The molecule has 0 aliphatic carbocycles. The van der Waals surface area contributed by atoms with Crippen molar-refractivity contribution in [2.75, 3.05) is 11.9 Å². The number of carbonyl (C=O) groups is 1. The van der Waals surface area contributed by atoms with Crippen LogP contribution in [-0.4, -0.2) is 17.3 Å². The molecule has 0 aromatic heterocycles. The number of halogens is 1. The lowest BCUT2D eigenvalue weighted by Gasteiger charge is -2.12. The largest absolute Gasteiger partial charge is 0.320 e. The van der Waals surface area contributed by atoms with E-state index in [4.69, 9.17) is 11.6 Å². The van der Waals surface area contributed by atoms with Crippen LogP contribution in [0.3, 0.4) is 0 Å². The molecule has 1 aromatic carbocycles. The average molecular weight is 215 g/mol. The highest BCUT2D eigenvalue weighted by molar-refractivity contribution is 6.66. The lowest BCUT2D eigenvalue weighted by Crippen LogP contribution is -2.19. The summed E-state index contributed by atoms with van der Waals surface area (Å²) in [6, 6.07) is 5.67. The second-order valence-electron chi connectivity index (χ2n) is 2.59. The lowest BCUT2D eigenvalue weighted by atomic mass is 10.3. The standard InChI is InChI=1S/C8H7ClN2O3/c1-10(8(9)12)6-3-2-4-7(5-6)11(13)14/h2-5H,1H3. The molecule has 0 fully saturated rings. The molecule has 0 radical (unpaired) electrons. The number of non-ortho nitro benzene ring substituents is 1. The number of hydrogen-bond acceptors (Lipinski definition) is 3. The zero-order valence-electron chi connectivity index (χ0n) is 7.31. The van der Waals surface area contributed by atoms with Crippen molar-refractivity contribution in [2.24, 2.45) is 0 Å². The maximum Gasteiger partial charge on any atom is 0.320 e. The Morgan fingerprint density at radius 1 is 1.57 bits per heavy atom. The number of nitro groups is 1. The molecule has 5 nitrogen and oxygen atoms in total. The van der Waals surface area contributed by atoms with Crippen LogP contribution in [-0.2, 0) is 0 Å². The van der Waals surface area contributed by atoms with Gasteiger partial charge in [-0.2, -0.15) is 0 Å². The van der Waals surface area contributed by atoms with E-state index in [1.807, 2.05) is 0 Å². The van der Waals surface area contributed by atoms with Gasteiger partial charge in [0.2, 0.25) is 0 Å². The Morgan fingerprint density at radius 3 is 2.71 bits per heavy atom. The van der Waals surface area contributed by atoms with Gasteiger partial charge < -0.3 is 4.90 Å². The summed E-state index contributed by atoms with van der Waals surface area (Å²) in [5.41, 5.74) is 0.312. The summed E-state index contributed by atoms with van der Waals surface area (Å²) < 4.78 is 0. The minimum absolute atomic E-state index is 0.0766. The van der Waals surface area contributed by atoms with Gasteiger partial charge in [0.05, 0.1) is 10.6 Å². The molecule has 1 amide bonds. The molecule has 0 bridgehead atoms. The van der Waals surface area contributed by atoms with Gasteiger partial charge in [-0.1, -0.05) is 6.07 Å². The van der Waals surface area contributed by atoms with Crippen LogP contribution in [0, 0.1) is 10.1 Å². The Kier molecular flexibility index (Phi) is 3.03. The molecule has 0 N–H and O–H groups in total. The Morgan fingerprint density at radius 2 is 2.21 bits per heavy atom. The summed E-state index contributed by atoms with van der Waals surface area (Å²) >= 11 is 5.21. The maximum atomic E-state index is 10.7. The fourth-order valence-electron chi connectivity index (χ4n) is 0.917. The van der Waals surface area contributed by atoms with Crippen LogP contribution in [0.15, 0.2) is 24.3 Å². The van der Waals surface area contributed by atoms with Crippen LogP contribution in [0.25, 0.3) is 0 Å². The highest BCUT2D eigenvalue weighted by Crippen LogP contribution is 2.20. The van der Waals surface area contributed by atoms with E-state index in [9.17, 15) is 14.9 Å². The highest BCUT2D eigenvalue weighted by atomic mass is 35.5. The quantitative estimate of drug-likeness (QED) is 0.329. The predicted octanol–water partition coefficient (Wildman–Crippen LogP) is 2.39. The first-order chi connectivity index (χ1) is 6.52. The van der Waals surface area contributed by atoms with Crippen LogP contribution >= 0.6 is 11.6 Å². The van der Waals surface area contributed by atoms with Gasteiger partial charge >= 0.3 is 5.37 Å². The van der Waals surface area contributed by atoms with Crippen molar-refractivity contribution >= 4 is 28.3 Å². The summed E-state index contributed by atoms with van der Waals surface area (Å²) in [4.78, 5) is 21.7. The molecular weight excluding hydrogens is 208 g/mol. The number of carbonyl (C=O) groups excluding carboxylic acids is 1. The Bertz CT molecular complexity index is 381. The van der Waals surface area contributed by atoms with E-state index < -0.39 is 10.3 Å². The number of hydrogen-bond donors (Lipinski definition) is 0. The van der Waals surface area contributed by atoms with Gasteiger partial charge in [-0.3, -0.25) is 14.9 Å². The molecule has 6 heteroatoms. The van der Waals surface area contributed by atoms with Crippen LogP contribution < -0.4 is 4.90 Å². The third kappa shape index (κ3) is 2.20. The lowest BCUT2D eigenvalue weighted by molar-refractivity contribution is -0.384. The van der Waals surface area contributed by atoms with Crippen molar-refractivity contribution in [1.82, 2.24) is 0 Å². The highest BCUT2D eigenvalue weighted by Gasteiger charge is 2.11. The first kappa shape index (κ1) is 10.5. The van der Waals surface area contributed by atoms with Crippen LogP contribution in [0.5, 0.6) is 0 Å². The topological polar surface area (TPSA) is 63.5 Å². The molecule has 1 aromatic rings. The zero-order valence-corrected chi connectivity index (χ0v) is 8.06. The van der Waals surface area contributed by atoms with E-state index in [0.717, 1.165) is 4.90 Å². The van der Waals surface area contributed by atoms with Crippen LogP contribution in [0.1, 0.15) is 0 Å². The monoisotopic (exact) mass is 214 g/mol. The average Bonchev–Trinajstić information content (AvgIpc) is 2.16. The fraction of sp³-hybridized carbons (Fsp3) is 0.125. The summed E-state index contributed by atoms with van der Waals surface area (Å²) in [5.74, 6) is 0. The molecule has 14 heavy (non-hydrogen) atoms. The van der Waals surface area contributed by atoms with Crippen molar-refractivity contribution in [2.45, 2.75) is 0 Å². The normalized spacial score (nSPS) is 9.57. The first-order valence-corrected chi connectivity index (χ1v) is 4.08. The van der Waals surface area contributed by atoms with E-state index in [2.05, 4.69) is 0 Å². The van der Waals surface area contributed by atoms with Gasteiger partial charge in [0.15, 0.2) is 0 Å². The maximum absolute atomic E-state index is 10.7. The summed E-state index contributed by atoms with van der Waals surface area (Å²) in [6.45, 7) is 0. The van der Waals surface area contributed by atoms with Gasteiger partial charge in [-0.15, -0.1) is 0 Å². The SMILES string of the molecule is CN(C(=O)Cl)c1cccc([N+](=O)[O-])c1. The van der Waals surface area contributed by atoms with Crippen molar-refractivity contribution in [3.63, 3.8) is 0 Å². The Hall–Kier alpha value is -1.62. The van der Waals surface area contributed by atoms with E-state index in [0.29, 0.717) is 5.69 Å². The van der Waals surface area contributed by atoms with Gasteiger partial charge in [0.1, 0.15) is 0 Å². The number of nitrogens with zero attached hydrogens (tertiary/aromatic N) is 2. The predicted molar refractivity (Wildman–Crippen MR) is 52.7 cm³/mol.